The van der Waals surface area contributed by atoms with E-state index in [1.165, 1.54) is 0 Å². The van der Waals surface area contributed by atoms with Crippen molar-refractivity contribution < 1.29 is 9.21 Å². The molecule has 1 aromatic heterocycles. The third-order valence-corrected chi connectivity index (χ3v) is 4.58. The van der Waals surface area contributed by atoms with Crippen LogP contribution in [0, 0.1) is 5.92 Å². The van der Waals surface area contributed by atoms with Gasteiger partial charge in [-0.1, -0.05) is 32.0 Å². The van der Waals surface area contributed by atoms with Crippen molar-refractivity contribution in [3.05, 3.63) is 60.5 Å². The van der Waals surface area contributed by atoms with Crippen molar-refractivity contribution in [3.63, 3.8) is 0 Å². The second-order valence-corrected chi connectivity index (χ2v) is 7.37. The van der Waals surface area contributed by atoms with Gasteiger partial charge in [-0.15, -0.1) is 22.0 Å². The van der Waals surface area contributed by atoms with Crippen LogP contribution in [0.5, 0.6) is 0 Å². The van der Waals surface area contributed by atoms with Gasteiger partial charge >= 0.3 is 0 Å². The Labute approximate surface area is 157 Å². The van der Waals surface area contributed by atoms with Crippen LogP contribution in [-0.2, 0) is 10.5 Å². The quantitative estimate of drug-likeness (QED) is 0.594. The molecule has 3 rings (SSSR count). The highest BCUT2D eigenvalue weighted by molar-refractivity contribution is 7.98. The van der Waals surface area contributed by atoms with Gasteiger partial charge in [0.1, 0.15) is 0 Å². The SMILES string of the molecule is CC(C)CC(=O)Nc1ccc(SCc2nnc(-c3ccccc3)o2)cc1. The highest BCUT2D eigenvalue weighted by Gasteiger charge is 2.09. The maximum Gasteiger partial charge on any atom is 0.247 e. The van der Waals surface area contributed by atoms with Crippen molar-refractivity contribution in [2.24, 2.45) is 5.92 Å². The number of benzene rings is 2. The Kier molecular flexibility index (Phi) is 6.07. The van der Waals surface area contributed by atoms with Crippen LogP contribution in [0.25, 0.3) is 11.5 Å². The summed E-state index contributed by atoms with van der Waals surface area (Å²) in [5.41, 5.74) is 1.72. The summed E-state index contributed by atoms with van der Waals surface area (Å²) in [7, 11) is 0. The predicted molar refractivity (Wildman–Crippen MR) is 104 cm³/mol. The monoisotopic (exact) mass is 367 g/mol. The highest BCUT2D eigenvalue weighted by atomic mass is 32.2. The average molecular weight is 367 g/mol. The van der Waals surface area contributed by atoms with E-state index in [1.54, 1.807) is 11.8 Å². The van der Waals surface area contributed by atoms with E-state index in [1.807, 2.05) is 68.4 Å². The lowest BCUT2D eigenvalue weighted by Gasteiger charge is -2.07. The first kappa shape index (κ1) is 18.2. The second kappa shape index (κ2) is 8.67. The zero-order valence-electron chi connectivity index (χ0n) is 14.8. The number of hydrogen-bond donors (Lipinski definition) is 1. The molecule has 0 atom stereocenters. The fourth-order valence-corrected chi connectivity index (χ4v) is 3.11. The molecular weight excluding hydrogens is 346 g/mol. The molecule has 1 N–H and O–H groups in total. The molecule has 6 heteroatoms. The summed E-state index contributed by atoms with van der Waals surface area (Å²) in [6.45, 7) is 4.06. The second-order valence-electron chi connectivity index (χ2n) is 6.33. The Morgan fingerprint density at radius 3 is 2.50 bits per heavy atom. The van der Waals surface area contributed by atoms with E-state index in [9.17, 15) is 4.79 Å². The number of thioether (sulfide) groups is 1. The van der Waals surface area contributed by atoms with Crippen molar-refractivity contribution in [2.45, 2.75) is 30.9 Å². The maximum absolute atomic E-state index is 11.8. The minimum Gasteiger partial charge on any atom is -0.420 e. The number of rotatable bonds is 7. The molecule has 0 spiro atoms. The van der Waals surface area contributed by atoms with E-state index in [4.69, 9.17) is 4.42 Å². The van der Waals surface area contributed by atoms with Crippen molar-refractivity contribution in [1.82, 2.24) is 10.2 Å². The van der Waals surface area contributed by atoms with E-state index in [2.05, 4.69) is 15.5 Å². The van der Waals surface area contributed by atoms with Gasteiger partial charge in [-0.05, 0) is 42.3 Å². The van der Waals surface area contributed by atoms with Crippen LogP contribution in [0.1, 0.15) is 26.2 Å². The largest absolute Gasteiger partial charge is 0.420 e. The molecule has 0 aliphatic rings. The third kappa shape index (κ3) is 5.20. The smallest absolute Gasteiger partial charge is 0.247 e. The molecule has 26 heavy (non-hydrogen) atoms. The molecule has 0 bridgehead atoms. The molecule has 0 saturated carbocycles. The minimum atomic E-state index is 0.0414. The molecule has 134 valence electrons. The number of anilines is 1. The Bertz CT molecular complexity index is 845. The molecule has 0 aliphatic carbocycles. The lowest BCUT2D eigenvalue weighted by molar-refractivity contribution is -0.116. The normalized spacial score (nSPS) is 10.9. The number of nitrogens with zero attached hydrogens (tertiary/aromatic N) is 2. The molecule has 3 aromatic rings. The van der Waals surface area contributed by atoms with E-state index < -0.39 is 0 Å². The predicted octanol–water partition coefficient (Wildman–Crippen LogP) is 5.01. The Hall–Kier alpha value is -2.60. The van der Waals surface area contributed by atoms with Gasteiger partial charge < -0.3 is 9.73 Å². The Balaban J connectivity index is 1.54. The number of aromatic nitrogens is 2. The molecule has 0 radical (unpaired) electrons. The molecular formula is C20H21N3O2S. The summed E-state index contributed by atoms with van der Waals surface area (Å²) in [5, 5.41) is 11.1. The van der Waals surface area contributed by atoms with Gasteiger partial charge in [0.05, 0.1) is 5.75 Å². The van der Waals surface area contributed by atoms with Crippen molar-refractivity contribution in [1.29, 1.82) is 0 Å². The minimum absolute atomic E-state index is 0.0414. The highest BCUT2D eigenvalue weighted by Crippen LogP contribution is 2.25. The molecule has 0 fully saturated rings. The van der Waals surface area contributed by atoms with Gasteiger partial charge in [-0.25, -0.2) is 0 Å². The zero-order chi connectivity index (χ0) is 18.4. The summed E-state index contributed by atoms with van der Waals surface area (Å²) in [4.78, 5) is 12.9. The van der Waals surface area contributed by atoms with Crippen molar-refractivity contribution in [3.8, 4) is 11.5 Å². The molecule has 1 heterocycles. The molecule has 0 unspecified atom stereocenters. The number of nitrogens with one attached hydrogen (secondary N) is 1. The van der Waals surface area contributed by atoms with Crippen LogP contribution in [0.3, 0.4) is 0 Å². The maximum atomic E-state index is 11.8. The molecule has 0 saturated heterocycles. The van der Waals surface area contributed by atoms with Gasteiger partial charge in [0.15, 0.2) is 0 Å². The summed E-state index contributed by atoms with van der Waals surface area (Å²) in [5.74, 6) is 2.10. The van der Waals surface area contributed by atoms with Crippen LogP contribution in [0.2, 0.25) is 0 Å². The number of hydrogen-bond acceptors (Lipinski definition) is 5. The molecule has 1 amide bonds. The summed E-state index contributed by atoms with van der Waals surface area (Å²) in [6.07, 6.45) is 0.525. The first-order valence-corrected chi connectivity index (χ1v) is 9.49. The third-order valence-electron chi connectivity index (χ3n) is 3.58. The summed E-state index contributed by atoms with van der Waals surface area (Å²) >= 11 is 1.61. The topological polar surface area (TPSA) is 68.0 Å². The molecule has 5 nitrogen and oxygen atoms in total. The first-order chi connectivity index (χ1) is 12.6. The van der Waals surface area contributed by atoms with E-state index in [0.717, 1.165) is 16.1 Å². The summed E-state index contributed by atoms with van der Waals surface area (Å²) in [6, 6.07) is 17.5. The first-order valence-electron chi connectivity index (χ1n) is 8.50. The fourth-order valence-electron chi connectivity index (χ4n) is 2.37. The standard InChI is InChI=1S/C20H21N3O2S/c1-14(2)12-18(24)21-16-8-10-17(11-9-16)26-13-19-22-23-20(25-19)15-6-4-3-5-7-15/h3-11,14H,12-13H2,1-2H3,(H,21,24). The van der Waals surface area contributed by atoms with E-state index >= 15 is 0 Å². The van der Waals surface area contributed by atoms with Crippen LogP contribution in [0.4, 0.5) is 5.69 Å². The lowest BCUT2D eigenvalue weighted by Crippen LogP contribution is -2.13. The van der Waals surface area contributed by atoms with Crippen LogP contribution in [-0.4, -0.2) is 16.1 Å². The number of amides is 1. The number of carbonyl (C=O) groups is 1. The zero-order valence-corrected chi connectivity index (χ0v) is 15.6. The van der Waals surface area contributed by atoms with Gasteiger partial charge in [0.25, 0.3) is 0 Å². The average Bonchev–Trinajstić information content (AvgIpc) is 3.10. The summed E-state index contributed by atoms with van der Waals surface area (Å²) < 4.78 is 5.70. The Morgan fingerprint density at radius 1 is 1.08 bits per heavy atom. The lowest BCUT2D eigenvalue weighted by atomic mass is 10.1. The van der Waals surface area contributed by atoms with E-state index in [0.29, 0.717) is 29.9 Å². The van der Waals surface area contributed by atoms with Gasteiger partial charge in [-0.2, -0.15) is 0 Å². The van der Waals surface area contributed by atoms with Crippen molar-refractivity contribution in [2.75, 3.05) is 5.32 Å². The Morgan fingerprint density at radius 2 is 1.81 bits per heavy atom. The van der Waals surface area contributed by atoms with Gasteiger partial charge in [0.2, 0.25) is 17.7 Å². The van der Waals surface area contributed by atoms with Crippen LogP contribution < -0.4 is 5.32 Å². The van der Waals surface area contributed by atoms with E-state index in [-0.39, 0.29) is 5.91 Å². The van der Waals surface area contributed by atoms with Crippen LogP contribution >= 0.6 is 11.8 Å². The van der Waals surface area contributed by atoms with Crippen LogP contribution in [0.15, 0.2) is 63.9 Å². The fraction of sp³-hybridized carbons (Fsp3) is 0.250. The van der Waals surface area contributed by atoms with Gasteiger partial charge in [-0.3, -0.25) is 4.79 Å². The number of carbonyl (C=O) groups excluding carboxylic acids is 1. The molecule has 0 aliphatic heterocycles. The van der Waals surface area contributed by atoms with Gasteiger partial charge in [0, 0.05) is 22.6 Å². The molecule has 2 aromatic carbocycles. The van der Waals surface area contributed by atoms with Crippen molar-refractivity contribution >= 4 is 23.4 Å².